The first-order valence-electron chi connectivity index (χ1n) is 8.64. The van der Waals surface area contributed by atoms with Crippen LogP contribution in [0.1, 0.15) is 97.3 Å². The molecule has 0 aliphatic carbocycles. The second kappa shape index (κ2) is 15.8. The molecule has 1 heteroatoms. The minimum Gasteiger partial charge on any atom is -0.393 e. The predicted octanol–water partition coefficient (Wildman–Crippen LogP) is 6.01. The quantitative estimate of drug-likeness (QED) is 0.302. The summed E-state index contributed by atoms with van der Waals surface area (Å²) in [7, 11) is 0. The molecule has 1 unspecified atom stereocenters. The topological polar surface area (TPSA) is 20.2 Å². The number of aliphatic hydroxyl groups excluding tert-OH is 1. The number of hydrogen-bond donors (Lipinski definition) is 1. The first-order chi connectivity index (χ1) is 9.31. The largest absolute Gasteiger partial charge is 0.393 e. The molecule has 114 valence electrons. The molecule has 0 spiro atoms. The van der Waals surface area contributed by atoms with Crippen molar-refractivity contribution in [2.24, 2.45) is 0 Å². The fourth-order valence-corrected chi connectivity index (χ4v) is 2.40. The van der Waals surface area contributed by atoms with Gasteiger partial charge in [-0.15, -0.1) is 0 Å². The summed E-state index contributed by atoms with van der Waals surface area (Å²) in [5.74, 6) is 0. The monoisotopic (exact) mass is 268 g/mol. The van der Waals surface area contributed by atoms with E-state index in [0.717, 1.165) is 25.7 Å². The molecule has 1 N–H and O–H groups in total. The second-order valence-corrected chi connectivity index (χ2v) is 5.75. The van der Waals surface area contributed by atoms with Crippen LogP contribution in [0.2, 0.25) is 0 Å². The molecule has 0 aromatic carbocycles. The van der Waals surface area contributed by atoms with Gasteiger partial charge in [-0.25, -0.2) is 0 Å². The van der Waals surface area contributed by atoms with Gasteiger partial charge in [-0.3, -0.25) is 0 Å². The van der Waals surface area contributed by atoms with Gasteiger partial charge in [-0.2, -0.15) is 0 Å². The third-order valence-electron chi connectivity index (χ3n) is 3.68. The number of allylic oxidation sites excluding steroid dienone is 2. The third-order valence-corrected chi connectivity index (χ3v) is 3.68. The summed E-state index contributed by atoms with van der Waals surface area (Å²) in [6.07, 6.45) is 20.9. The van der Waals surface area contributed by atoms with E-state index in [0.29, 0.717) is 0 Å². The highest BCUT2D eigenvalue weighted by Crippen LogP contribution is 2.10. The van der Waals surface area contributed by atoms with Crippen LogP contribution in [0.25, 0.3) is 0 Å². The summed E-state index contributed by atoms with van der Waals surface area (Å²) in [4.78, 5) is 0. The van der Waals surface area contributed by atoms with Crippen molar-refractivity contribution in [1.82, 2.24) is 0 Å². The zero-order chi connectivity index (χ0) is 14.2. The van der Waals surface area contributed by atoms with Crippen LogP contribution in [-0.4, -0.2) is 11.2 Å². The highest BCUT2D eigenvalue weighted by atomic mass is 16.3. The van der Waals surface area contributed by atoms with Crippen molar-refractivity contribution >= 4 is 0 Å². The minimum absolute atomic E-state index is 0.0854. The molecule has 1 atom stereocenters. The molecule has 0 heterocycles. The molecular formula is C18H36O. The summed E-state index contributed by atoms with van der Waals surface area (Å²) >= 11 is 0. The lowest BCUT2D eigenvalue weighted by molar-refractivity contribution is 0.155. The van der Waals surface area contributed by atoms with Gasteiger partial charge < -0.3 is 5.11 Å². The number of rotatable bonds is 14. The maximum Gasteiger partial charge on any atom is 0.0543 e. The van der Waals surface area contributed by atoms with Crippen LogP contribution in [0.15, 0.2) is 12.2 Å². The van der Waals surface area contributed by atoms with Gasteiger partial charge >= 0.3 is 0 Å². The first-order valence-corrected chi connectivity index (χ1v) is 8.64. The van der Waals surface area contributed by atoms with Crippen LogP contribution < -0.4 is 0 Å². The lowest BCUT2D eigenvalue weighted by atomic mass is 10.1. The molecule has 1 nitrogen and oxygen atoms in total. The fraction of sp³-hybridized carbons (Fsp3) is 0.889. The highest BCUT2D eigenvalue weighted by molar-refractivity contribution is 4.82. The molecule has 0 bridgehead atoms. The zero-order valence-corrected chi connectivity index (χ0v) is 13.4. The molecular weight excluding hydrogens is 232 g/mol. The number of unbranched alkanes of at least 4 members (excludes halogenated alkanes) is 8. The summed E-state index contributed by atoms with van der Waals surface area (Å²) in [5.41, 5.74) is 0. The SMILES string of the molecule is CCCCCCCCCC/C=C/CCC(O)CCC. The van der Waals surface area contributed by atoms with E-state index in [1.54, 1.807) is 0 Å². The average Bonchev–Trinajstić information content (AvgIpc) is 2.40. The molecule has 0 aromatic heterocycles. The standard InChI is InChI=1S/C18H36O/c1-3-5-6-7-8-9-10-11-12-13-14-15-17-18(19)16-4-2/h13-14,18-19H,3-12,15-17H2,1-2H3/b14-13+. The molecule has 0 fully saturated rings. The van der Waals surface area contributed by atoms with Gasteiger partial charge in [0.15, 0.2) is 0 Å². The zero-order valence-electron chi connectivity index (χ0n) is 13.4. The molecule has 0 saturated heterocycles. The maximum atomic E-state index is 9.58. The van der Waals surface area contributed by atoms with Crippen molar-refractivity contribution in [3.8, 4) is 0 Å². The van der Waals surface area contributed by atoms with E-state index in [1.165, 1.54) is 57.8 Å². The van der Waals surface area contributed by atoms with E-state index in [2.05, 4.69) is 26.0 Å². The molecule has 0 amide bonds. The lowest BCUT2D eigenvalue weighted by Crippen LogP contribution is -2.04. The van der Waals surface area contributed by atoms with Crippen LogP contribution in [-0.2, 0) is 0 Å². The summed E-state index contributed by atoms with van der Waals surface area (Å²) in [6.45, 7) is 4.40. The summed E-state index contributed by atoms with van der Waals surface area (Å²) in [6, 6.07) is 0. The Morgan fingerprint density at radius 3 is 1.89 bits per heavy atom. The Hall–Kier alpha value is -0.300. The third kappa shape index (κ3) is 15.6. The van der Waals surface area contributed by atoms with E-state index in [-0.39, 0.29) is 6.10 Å². The Morgan fingerprint density at radius 2 is 1.26 bits per heavy atom. The Balaban J connectivity index is 3.12. The molecule has 0 aromatic rings. The highest BCUT2D eigenvalue weighted by Gasteiger charge is 1.99. The van der Waals surface area contributed by atoms with E-state index < -0.39 is 0 Å². The Labute approximate surface area is 121 Å². The smallest absolute Gasteiger partial charge is 0.0543 e. The van der Waals surface area contributed by atoms with Crippen molar-refractivity contribution in [1.29, 1.82) is 0 Å². The molecule has 0 aliphatic heterocycles. The van der Waals surface area contributed by atoms with Crippen LogP contribution in [0.4, 0.5) is 0 Å². The lowest BCUT2D eigenvalue weighted by Gasteiger charge is -2.05. The van der Waals surface area contributed by atoms with Gasteiger partial charge in [0.2, 0.25) is 0 Å². The molecule has 0 rings (SSSR count). The van der Waals surface area contributed by atoms with Gasteiger partial charge in [-0.05, 0) is 32.1 Å². The summed E-state index contributed by atoms with van der Waals surface area (Å²) in [5, 5.41) is 9.58. The van der Waals surface area contributed by atoms with Gasteiger partial charge in [0, 0.05) is 0 Å². The Kier molecular flexibility index (Phi) is 15.5. The molecule has 19 heavy (non-hydrogen) atoms. The van der Waals surface area contributed by atoms with Crippen LogP contribution in [0, 0.1) is 0 Å². The molecule has 0 saturated carbocycles. The van der Waals surface area contributed by atoms with Gasteiger partial charge in [0.1, 0.15) is 0 Å². The summed E-state index contributed by atoms with van der Waals surface area (Å²) < 4.78 is 0. The van der Waals surface area contributed by atoms with Gasteiger partial charge in [-0.1, -0.05) is 77.4 Å². The fourth-order valence-electron chi connectivity index (χ4n) is 2.40. The van der Waals surface area contributed by atoms with Crippen molar-refractivity contribution < 1.29 is 5.11 Å². The molecule has 0 radical (unpaired) electrons. The molecule has 0 aliphatic rings. The van der Waals surface area contributed by atoms with Crippen molar-refractivity contribution in [2.45, 2.75) is 103 Å². The van der Waals surface area contributed by atoms with Crippen molar-refractivity contribution in [3.63, 3.8) is 0 Å². The van der Waals surface area contributed by atoms with E-state index in [1.807, 2.05) is 0 Å². The second-order valence-electron chi connectivity index (χ2n) is 5.75. The minimum atomic E-state index is -0.0854. The maximum absolute atomic E-state index is 9.58. The van der Waals surface area contributed by atoms with Crippen LogP contribution in [0.3, 0.4) is 0 Å². The number of hydrogen-bond acceptors (Lipinski definition) is 1. The van der Waals surface area contributed by atoms with E-state index >= 15 is 0 Å². The Bertz CT molecular complexity index is 186. The normalized spacial score (nSPS) is 13.2. The van der Waals surface area contributed by atoms with Crippen LogP contribution >= 0.6 is 0 Å². The number of aliphatic hydroxyl groups is 1. The van der Waals surface area contributed by atoms with E-state index in [4.69, 9.17) is 0 Å². The van der Waals surface area contributed by atoms with Crippen LogP contribution in [0.5, 0.6) is 0 Å². The van der Waals surface area contributed by atoms with Crippen molar-refractivity contribution in [3.05, 3.63) is 12.2 Å². The average molecular weight is 268 g/mol. The Morgan fingerprint density at radius 1 is 0.684 bits per heavy atom. The first kappa shape index (κ1) is 18.7. The van der Waals surface area contributed by atoms with E-state index in [9.17, 15) is 5.11 Å². The van der Waals surface area contributed by atoms with Gasteiger partial charge in [0.05, 0.1) is 6.10 Å². The predicted molar refractivity (Wildman–Crippen MR) is 86.5 cm³/mol. The van der Waals surface area contributed by atoms with Crippen molar-refractivity contribution in [2.75, 3.05) is 0 Å². The van der Waals surface area contributed by atoms with Gasteiger partial charge in [0.25, 0.3) is 0 Å².